The van der Waals surface area contributed by atoms with Crippen molar-refractivity contribution in [1.82, 2.24) is 9.97 Å². The van der Waals surface area contributed by atoms with Gasteiger partial charge in [-0.25, -0.2) is 9.97 Å². The monoisotopic (exact) mass is 336 g/mol. The molecule has 0 unspecified atom stereocenters. The Labute approximate surface area is 151 Å². The molecule has 0 N–H and O–H groups in total. The molecular weight excluding hydrogens is 320 g/mol. The number of furan rings is 1. The van der Waals surface area contributed by atoms with Gasteiger partial charge in [0.1, 0.15) is 5.58 Å². The van der Waals surface area contributed by atoms with Gasteiger partial charge in [0.15, 0.2) is 0 Å². The van der Waals surface area contributed by atoms with Crippen molar-refractivity contribution in [2.45, 2.75) is 6.92 Å². The van der Waals surface area contributed by atoms with Crippen LogP contribution in [0.15, 0.2) is 83.3 Å². The summed E-state index contributed by atoms with van der Waals surface area (Å²) in [7, 11) is 0. The van der Waals surface area contributed by atoms with E-state index in [0.717, 1.165) is 44.6 Å². The minimum absolute atomic E-state index is 0.673. The van der Waals surface area contributed by atoms with Crippen molar-refractivity contribution in [3.8, 4) is 22.5 Å². The summed E-state index contributed by atoms with van der Waals surface area (Å²) in [6, 6.07) is 26.5. The zero-order valence-corrected chi connectivity index (χ0v) is 14.3. The molecule has 0 bridgehead atoms. The van der Waals surface area contributed by atoms with Gasteiger partial charge in [0.25, 0.3) is 0 Å². The van der Waals surface area contributed by atoms with Gasteiger partial charge in [-0.3, -0.25) is 0 Å². The van der Waals surface area contributed by atoms with Gasteiger partial charge in [-0.2, -0.15) is 0 Å². The number of benzene rings is 2. The van der Waals surface area contributed by atoms with Crippen LogP contribution in [0.3, 0.4) is 0 Å². The second-order valence-electron chi connectivity index (χ2n) is 6.36. The van der Waals surface area contributed by atoms with E-state index < -0.39 is 0 Å². The van der Waals surface area contributed by atoms with Crippen LogP contribution in [0.5, 0.6) is 0 Å². The molecule has 124 valence electrons. The van der Waals surface area contributed by atoms with Crippen molar-refractivity contribution in [1.29, 1.82) is 0 Å². The molecule has 5 rings (SSSR count). The van der Waals surface area contributed by atoms with Gasteiger partial charge in [0.05, 0.1) is 11.4 Å². The van der Waals surface area contributed by atoms with Crippen molar-refractivity contribution in [2.24, 2.45) is 0 Å². The zero-order chi connectivity index (χ0) is 17.5. The largest absolute Gasteiger partial charge is 0.437 e. The van der Waals surface area contributed by atoms with E-state index in [2.05, 4.69) is 35.3 Å². The van der Waals surface area contributed by atoms with Crippen LogP contribution in [-0.4, -0.2) is 9.97 Å². The number of hydrogen-bond acceptors (Lipinski definition) is 3. The van der Waals surface area contributed by atoms with Gasteiger partial charge < -0.3 is 4.42 Å². The number of rotatable bonds is 2. The van der Waals surface area contributed by atoms with E-state index in [0.29, 0.717) is 5.71 Å². The molecule has 3 heterocycles. The quantitative estimate of drug-likeness (QED) is 0.396. The summed E-state index contributed by atoms with van der Waals surface area (Å²) in [6.07, 6.45) is 0. The molecule has 0 fully saturated rings. The normalized spacial score (nSPS) is 11.3. The molecule has 3 heteroatoms. The molecule has 5 aromatic rings. The maximum Gasteiger partial charge on any atom is 0.227 e. The van der Waals surface area contributed by atoms with Crippen LogP contribution in [0.4, 0.5) is 0 Å². The van der Waals surface area contributed by atoms with Gasteiger partial charge in [0.2, 0.25) is 5.71 Å². The van der Waals surface area contributed by atoms with Gasteiger partial charge >= 0.3 is 0 Å². The van der Waals surface area contributed by atoms with Crippen molar-refractivity contribution >= 4 is 22.1 Å². The van der Waals surface area contributed by atoms with Gasteiger partial charge in [0, 0.05) is 27.6 Å². The van der Waals surface area contributed by atoms with Gasteiger partial charge in [-0.05, 0) is 37.3 Å². The summed E-state index contributed by atoms with van der Waals surface area (Å²) in [5.41, 5.74) is 6.38. The fourth-order valence-electron chi connectivity index (χ4n) is 3.33. The van der Waals surface area contributed by atoms with E-state index >= 15 is 0 Å². The van der Waals surface area contributed by atoms with Crippen LogP contribution in [0.25, 0.3) is 44.6 Å². The molecule has 2 aromatic carbocycles. The topological polar surface area (TPSA) is 38.9 Å². The van der Waals surface area contributed by atoms with Gasteiger partial charge in [-0.15, -0.1) is 0 Å². The molecule has 0 saturated heterocycles. The fourth-order valence-corrected chi connectivity index (χ4v) is 3.33. The highest BCUT2D eigenvalue weighted by Crippen LogP contribution is 2.35. The third-order valence-electron chi connectivity index (χ3n) is 4.60. The first-order chi connectivity index (χ1) is 12.8. The fraction of sp³-hybridized carbons (Fsp3) is 0.0435. The Morgan fingerprint density at radius 1 is 0.654 bits per heavy atom. The molecule has 0 aliphatic heterocycles. The Morgan fingerprint density at radius 3 is 2.35 bits per heavy atom. The lowest BCUT2D eigenvalue weighted by atomic mass is 10.1. The number of nitrogens with zero attached hydrogens (tertiary/aromatic N) is 2. The second-order valence-corrected chi connectivity index (χ2v) is 6.36. The summed E-state index contributed by atoms with van der Waals surface area (Å²) in [5.74, 6) is 0. The third kappa shape index (κ3) is 2.37. The summed E-state index contributed by atoms with van der Waals surface area (Å²) in [6.45, 7) is 1.97. The maximum absolute atomic E-state index is 6.11. The average molecular weight is 336 g/mol. The van der Waals surface area contributed by atoms with Crippen LogP contribution >= 0.6 is 0 Å². The highest BCUT2D eigenvalue weighted by molar-refractivity contribution is 6.08. The summed E-state index contributed by atoms with van der Waals surface area (Å²) < 4.78 is 6.11. The highest BCUT2D eigenvalue weighted by atomic mass is 16.3. The Hall–Kier alpha value is -3.46. The van der Waals surface area contributed by atoms with E-state index in [1.807, 2.05) is 55.5 Å². The smallest absolute Gasteiger partial charge is 0.227 e. The van der Waals surface area contributed by atoms with Crippen molar-refractivity contribution in [2.75, 3.05) is 0 Å². The molecule has 0 aliphatic rings. The lowest BCUT2D eigenvalue weighted by molar-refractivity contribution is 0.653. The Morgan fingerprint density at radius 2 is 1.46 bits per heavy atom. The number of pyridine rings is 2. The standard InChI is InChI=1S/C23H16N2O/c1-15-13-14-18-17-9-5-10-19(22(17)26-23(18)24-15)21-12-6-11-20(25-21)16-7-3-2-4-8-16/h2-14H,1H3. The van der Waals surface area contributed by atoms with Crippen LogP contribution < -0.4 is 0 Å². The molecule has 26 heavy (non-hydrogen) atoms. The number of para-hydroxylation sites is 1. The SMILES string of the molecule is Cc1ccc2c(n1)oc1c(-c3cccc(-c4ccccc4)n3)cccc12. The van der Waals surface area contributed by atoms with E-state index in [4.69, 9.17) is 9.40 Å². The molecule has 0 radical (unpaired) electrons. The summed E-state index contributed by atoms with van der Waals surface area (Å²) in [5, 5.41) is 2.10. The zero-order valence-electron chi connectivity index (χ0n) is 14.3. The van der Waals surface area contributed by atoms with Crippen molar-refractivity contribution in [3.05, 3.63) is 84.6 Å². The third-order valence-corrected chi connectivity index (χ3v) is 4.60. The van der Waals surface area contributed by atoms with E-state index in [1.54, 1.807) is 0 Å². The Bertz CT molecular complexity index is 1240. The summed E-state index contributed by atoms with van der Waals surface area (Å²) in [4.78, 5) is 9.40. The predicted octanol–water partition coefficient (Wildman–Crippen LogP) is 6.02. The lowest BCUT2D eigenvalue weighted by Crippen LogP contribution is -1.88. The Balaban J connectivity index is 1.73. The first kappa shape index (κ1) is 14.8. The molecule has 0 atom stereocenters. The van der Waals surface area contributed by atoms with E-state index in [9.17, 15) is 0 Å². The number of aryl methyl sites for hydroxylation is 1. The predicted molar refractivity (Wildman–Crippen MR) is 105 cm³/mol. The molecule has 0 amide bonds. The average Bonchev–Trinajstić information content (AvgIpc) is 3.06. The molecule has 0 aliphatic carbocycles. The first-order valence-electron chi connectivity index (χ1n) is 8.61. The summed E-state index contributed by atoms with van der Waals surface area (Å²) >= 11 is 0. The molecule has 3 nitrogen and oxygen atoms in total. The first-order valence-corrected chi connectivity index (χ1v) is 8.61. The van der Waals surface area contributed by atoms with Crippen LogP contribution in [0, 0.1) is 6.92 Å². The number of fused-ring (bicyclic) bond motifs is 3. The van der Waals surface area contributed by atoms with Gasteiger partial charge in [-0.1, -0.05) is 48.5 Å². The second kappa shape index (κ2) is 5.81. The maximum atomic E-state index is 6.11. The number of aromatic nitrogens is 2. The van der Waals surface area contributed by atoms with Crippen LogP contribution in [0.2, 0.25) is 0 Å². The Kier molecular flexibility index (Phi) is 3.32. The van der Waals surface area contributed by atoms with Crippen molar-refractivity contribution < 1.29 is 4.42 Å². The lowest BCUT2D eigenvalue weighted by Gasteiger charge is -2.05. The molecular formula is C23H16N2O. The van der Waals surface area contributed by atoms with E-state index in [1.165, 1.54) is 0 Å². The minimum atomic E-state index is 0.673. The molecule has 0 spiro atoms. The van der Waals surface area contributed by atoms with Crippen LogP contribution in [0.1, 0.15) is 5.69 Å². The van der Waals surface area contributed by atoms with Crippen LogP contribution in [-0.2, 0) is 0 Å². The molecule has 0 saturated carbocycles. The van der Waals surface area contributed by atoms with E-state index in [-0.39, 0.29) is 0 Å². The molecule has 3 aromatic heterocycles. The number of hydrogen-bond donors (Lipinski definition) is 0. The highest BCUT2D eigenvalue weighted by Gasteiger charge is 2.14. The van der Waals surface area contributed by atoms with Crippen molar-refractivity contribution in [3.63, 3.8) is 0 Å². The minimum Gasteiger partial charge on any atom is -0.437 e.